The Bertz CT molecular complexity index is 834. The maximum Gasteiger partial charge on any atom is 0.251 e. The number of thiophene rings is 1. The van der Waals surface area contributed by atoms with Gasteiger partial charge in [-0.05, 0) is 44.4 Å². The Morgan fingerprint density at radius 2 is 2.00 bits per heavy atom. The van der Waals surface area contributed by atoms with Crippen molar-refractivity contribution in [3.05, 3.63) is 51.7 Å². The van der Waals surface area contributed by atoms with E-state index in [1.54, 1.807) is 30.1 Å². The van der Waals surface area contributed by atoms with Crippen molar-refractivity contribution >= 4 is 28.2 Å². The Labute approximate surface area is 156 Å². The summed E-state index contributed by atoms with van der Waals surface area (Å²) in [6, 6.07) is 6.50. The molecule has 3 rings (SSSR count). The molecule has 1 aromatic carbocycles. The fourth-order valence-electron chi connectivity index (χ4n) is 3.30. The number of nitrogens with zero attached hydrogens (tertiary/aromatic N) is 1. The van der Waals surface area contributed by atoms with Gasteiger partial charge in [0.1, 0.15) is 10.8 Å². The minimum absolute atomic E-state index is 0.0924. The van der Waals surface area contributed by atoms with Gasteiger partial charge in [-0.15, -0.1) is 11.3 Å². The van der Waals surface area contributed by atoms with Crippen LogP contribution in [-0.2, 0) is 24.2 Å². The van der Waals surface area contributed by atoms with Gasteiger partial charge in [-0.1, -0.05) is 18.2 Å². The van der Waals surface area contributed by atoms with Crippen LogP contribution in [0.1, 0.15) is 39.2 Å². The summed E-state index contributed by atoms with van der Waals surface area (Å²) in [7, 11) is 1.75. The number of benzene rings is 1. The zero-order valence-corrected chi connectivity index (χ0v) is 15.5. The fraction of sp³-hybridized carbons (Fsp3) is 0.368. The van der Waals surface area contributed by atoms with Crippen molar-refractivity contribution in [3.63, 3.8) is 0 Å². The van der Waals surface area contributed by atoms with Gasteiger partial charge in [-0.25, -0.2) is 4.39 Å². The summed E-state index contributed by atoms with van der Waals surface area (Å²) in [5, 5.41) is 3.36. The second kappa shape index (κ2) is 7.97. The summed E-state index contributed by atoms with van der Waals surface area (Å²) < 4.78 is 13.7. The number of halogens is 1. The molecule has 2 amide bonds. The van der Waals surface area contributed by atoms with Gasteiger partial charge in [-0.3, -0.25) is 14.5 Å². The number of likely N-dealkylation sites (N-methyl/N-ethyl adjacent to an activating group) is 1. The average Bonchev–Trinajstić information content (AvgIpc) is 2.94. The largest absolute Gasteiger partial charge is 0.365 e. The van der Waals surface area contributed by atoms with E-state index in [1.807, 2.05) is 0 Å². The first-order chi connectivity index (χ1) is 12.5. The summed E-state index contributed by atoms with van der Waals surface area (Å²) in [5.74, 6) is -1.04. The van der Waals surface area contributed by atoms with Crippen LogP contribution in [0, 0.1) is 5.82 Å². The van der Waals surface area contributed by atoms with Crippen LogP contribution in [0.5, 0.6) is 0 Å². The van der Waals surface area contributed by atoms with E-state index in [1.165, 1.54) is 17.4 Å². The first-order valence-electron chi connectivity index (χ1n) is 8.62. The molecule has 0 aliphatic heterocycles. The molecule has 0 radical (unpaired) electrons. The molecule has 2 aromatic rings. The molecule has 26 heavy (non-hydrogen) atoms. The van der Waals surface area contributed by atoms with E-state index in [2.05, 4.69) is 5.32 Å². The monoisotopic (exact) mass is 375 g/mol. The Hall–Kier alpha value is -2.25. The molecule has 0 spiro atoms. The van der Waals surface area contributed by atoms with Crippen molar-refractivity contribution in [2.45, 2.75) is 32.2 Å². The number of carbonyl (C=O) groups excluding carboxylic acids is 2. The van der Waals surface area contributed by atoms with Crippen molar-refractivity contribution in [3.8, 4) is 0 Å². The molecule has 1 aromatic heterocycles. The van der Waals surface area contributed by atoms with Gasteiger partial charge in [0.05, 0.1) is 12.1 Å². The van der Waals surface area contributed by atoms with Gasteiger partial charge in [0.25, 0.3) is 5.91 Å². The Kier molecular flexibility index (Phi) is 5.68. The molecule has 1 heterocycles. The maximum absolute atomic E-state index is 13.7. The predicted molar refractivity (Wildman–Crippen MR) is 101 cm³/mol. The second-order valence-corrected chi connectivity index (χ2v) is 7.70. The van der Waals surface area contributed by atoms with Crippen LogP contribution in [-0.4, -0.2) is 30.3 Å². The van der Waals surface area contributed by atoms with Crippen molar-refractivity contribution in [2.24, 2.45) is 5.73 Å². The minimum atomic E-state index is -0.501. The van der Waals surface area contributed by atoms with Gasteiger partial charge < -0.3 is 11.1 Å². The Balaban J connectivity index is 1.67. The number of hydrogen-bond acceptors (Lipinski definition) is 4. The van der Waals surface area contributed by atoms with Gasteiger partial charge >= 0.3 is 0 Å². The molecule has 0 unspecified atom stereocenters. The molecule has 1 aliphatic rings. The zero-order chi connectivity index (χ0) is 18.7. The summed E-state index contributed by atoms with van der Waals surface area (Å²) >= 11 is 1.44. The second-order valence-electron chi connectivity index (χ2n) is 6.59. The number of aryl methyl sites for hydroxylation is 1. The van der Waals surface area contributed by atoms with E-state index in [0.29, 0.717) is 22.7 Å². The summed E-state index contributed by atoms with van der Waals surface area (Å²) in [6.45, 7) is 0.415. The van der Waals surface area contributed by atoms with E-state index in [4.69, 9.17) is 5.73 Å². The summed E-state index contributed by atoms with van der Waals surface area (Å²) in [6.07, 6.45) is 3.86. The topological polar surface area (TPSA) is 75.4 Å². The highest BCUT2D eigenvalue weighted by Crippen LogP contribution is 2.37. The molecule has 1 aliphatic carbocycles. The number of carbonyl (C=O) groups is 2. The van der Waals surface area contributed by atoms with Gasteiger partial charge in [0.2, 0.25) is 5.91 Å². The molecular weight excluding hydrogens is 353 g/mol. The molecule has 0 saturated heterocycles. The minimum Gasteiger partial charge on any atom is -0.365 e. The number of hydrogen-bond donors (Lipinski definition) is 2. The number of primary amides is 1. The quantitative estimate of drug-likeness (QED) is 0.815. The third-order valence-electron chi connectivity index (χ3n) is 4.48. The molecule has 5 nitrogen and oxygen atoms in total. The molecule has 0 saturated carbocycles. The number of nitrogens with two attached hydrogens (primary N) is 1. The van der Waals surface area contributed by atoms with Crippen molar-refractivity contribution in [1.29, 1.82) is 0 Å². The standard InChI is InChI=1S/C19H22FN3O2S/c1-23(10-12-6-2-4-8-14(12)20)11-16(24)22-19-17(18(21)25)13-7-3-5-9-15(13)26-19/h2,4,6,8H,3,5,7,9-11H2,1H3,(H2,21,25)(H,22,24). The van der Waals surface area contributed by atoms with Crippen molar-refractivity contribution < 1.29 is 14.0 Å². The molecule has 0 bridgehead atoms. The van der Waals surface area contributed by atoms with E-state index in [0.717, 1.165) is 36.1 Å². The lowest BCUT2D eigenvalue weighted by molar-refractivity contribution is -0.117. The highest BCUT2D eigenvalue weighted by molar-refractivity contribution is 7.17. The summed E-state index contributed by atoms with van der Waals surface area (Å²) in [5.41, 5.74) is 7.52. The van der Waals surface area contributed by atoms with Crippen molar-refractivity contribution in [1.82, 2.24) is 4.90 Å². The van der Waals surface area contributed by atoms with Crippen LogP contribution in [0.3, 0.4) is 0 Å². The van der Waals surface area contributed by atoms with Gasteiger partial charge in [0.15, 0.2) is 0 Å². The van der Waals surface area contributed by atoms with Crippen LogP contribution in [0.2, 0.25) is 0 Å². The van der Waals surface area contributed by atoms with Gasteiger partial charge in [0, 0.05) is 17.0 Å². The van der Waals surface area contributed by atoms with E-state index >= 15 is 0 Å². The van der Waals surface area contributed by atoms with Crippen LogP contribution >= 0.6 is 11.3 Å². The highest BCUT2D eigenvalue weighted by Gasteiger charge is 2.25. The third-order valence-corrected chi connectivity index (χ3v) is 5.69. The average molecular weight is 375 g/mol. The zero-order valence-electron chi connectivity index (χ0n) is 14.7. The molecule has 0 atom stereocenters. The lowest BCUT2D eigenvalue weighted by atomic mass is 9.95. The van der Waals surface area contributed by atoms with Crippen LogP contribution in [0.25, 0.3) is 0 Å². The first-order valence-corrected chi connectivity index (χ1v) is 9.43. The summed E-state index contributed by atoms with van der Waals surface area (Å²) in [4.78, 5) is 27.1. The molecular formula is C19H22FN3O2S. The SMILES string of the molecule is CN(CC(=O)Nc1sc2c(c1C(N)=O)CCCC2)Cc1ccccc1F. The van der Waals surface area contributed by atoms with Crippen molar-refractivity contribution in [2.75, 3.05) is 18.9 Å². The fourth-order valence-corrected chi connectivity index (χ4v) is 4.61. The normalized spacial score (nSPS) is 13.5. The third kappa shape index (κ3) is 4.11. The molecule has 7 heteroatoms. The van der Waals surface area contributed by atoms with Crippen LogP contribution in [0.15, 0.2) is 24.3 Å². The van der Waals surface area contributed by atoms with E-state index < -0.39 is 5.91 Å². The number of nitrogens with one attached hydrogen (secondary N) is 1. The number of rotatable bonds is 6. The van der Waals surface area contributed by atoms with Crippen LogP contribution < -0.4 is 11.1 Å². The predicted octanol–water partition coefficient (Wildman–Crippen LogP) is 2.94. The van der Waals surface area contributed by atoms with Crippen LogP contribution in [0.4, 0.5) is 9.39 Å². The van der Waals surface area contributed by atoms with E-state index in [9.17, 15) is 14.0 Å². The Morgan fingerprint density at radius 3 is 2.73 bits per heavy atom. The number of anilines is 1. The lowest BCUT2D eigenvalue weighted by Crippen LogP contribution is -2.30. The molecule has 0 fully saturated rings. The first kappa shape index (κ1) is 18.5. The highest BCUT2D eigenvalue weighted by atomic mass is 32.1. The number of fused-ring (bicyclic) bond motifs is 1. The number of amides is 2. The Morgan fingerprint density at radius 1 is 1.27 bits per heavy atom. The smallest absolute Gasteiger partial charge is 0.251 e. The molecule has 3 N–H and O–H groups in total. The van der Waals surface area contributed by atoms with E-state index in [-0.39, 0.29) is 18.3 Å². The van der Waals surface area contributed by atoms with Gasteiger partial charge in [-0.2, -0.15) is 0 Å². The maximum atomic E-state index is 13.7. The molecule has 138 valence electrons. The lowest BCUT2D eigenvalue weighted by Gasteiger charge is -2.16.